The lowest BCUT2D eigenvalue weighted by Gasteiger charge is -2.28. The van der Waals surface area contributed by atoms with Crippen LogP contribution in [0.1, 0.15) is 28.8 Å². The fourth-order valence-corrected chi connectivity index (χ4v) is 2.85. The van der Waals surface area contributed by atoms with E-state index in [-0.39, 0.29) is 5.78 Å². The Morgan fingerprint density at radius 3 is 2.39 bits per heavy atom. The van der Waals surface area contributed by atoms with E-state index in [1.165, 1.54) is 0 Å². The minimum Gasteiger partial charge on any atom is -0.478 e. The number of carbonyl (C=O) groups is 2. The number of nitrogens with one attached hydrogen (secondary N) is 2. The van der Waals surface area contributed by atoms with Crippen LogP contribution in [0.4, 0.5) is 5.69 Å². The number of ketones is 1. The van der Waals surface area contributed by atoms with E-state index in [1.54, 1.807) is 48.5 Å². The molecule has 5 nitrogen and oxygen atoms in total. The third-order valence-electron chi connectivity index (χ3n) is 4.08. The average Bonchev–Trinajstić information content (AvgIpc) is 3.05. The summed E-state index contributed by atoms with van der Waals surface area (Å²) in [5, 5.41) is 15.6. The predicted molar refractivity (Wildman–Crippen MR) is 87.5 cm³/mol. The second-order valence-corrected chi connectivity index (χ2v) is 5.61. The van der Waals surface area contributed by atoms with Gasteiger partial charge in [-0.25, -0.2) is 4.79 Å². The number of aliphatic carboxylic acids is 1. The second-order valence-electron chi connectivity index (χ2n) is 5.61. The van der Waals surface area contributed by atoms with Crippen molar-refractivity contribution in [2.75, 3.05) is 11.9 Å². The Kier molecular flexibility index (Phi) is 4.12. The molecule has 0 unspecified atom stereocenters. The number of hydrogen-bond acceptors (Lipinski definition) is 4. The van der Waals surface area contributed by atoms with Gasteiger partial charge in [0.1, 0.15) is 0 Å². The third-order valence-corrected chi connectivity index (χ3v) is 4.08. The highest BCUT2D eigenvalue weighted by Gasteiger charge is 2.41. The molecule has 1 aliphatic heterocycles. The van der Waals surface area contributed by atoms with Gasteiger partial charge in [0, 0.05) is 16.8 Å². The standard InChI is InChI=1S/C18H18N2O3/c21-16(13-7-2-1-3-8-13)14-9-4-5-10-15(14)20-18(17(22)23)11-6-12-19-18/h1-5,7-10,19-20H,6,11-12H2,(H,22,23)/t18-/m1/s1. The number of hydrogen-bond donors (Lipinski definition) is 3. The van der Waals surface area contributed by atoms with E-state index < -0.39 is 11.6 Å². The van der Waals surface area contributed by atoms with Crippen LogP contribution < -0.4 is 10.6 Å². The van der Waals surface area contributed by atoms with Gasteiger partial charge >= 0.3 is 5.97 Å². The van der Waals surface area contributed by atoms with Crippen LogP contribution in [-0.4, -0.2) is 29.1 Å². The number of rotatable bonds is 5. The van der Waals surface area contributed by atoms with Gasteiger partial charge in [-0.1, -0.05) is 42.5 Å². The zero-order chi connectivity index (χ0) is 16.3. The molecule has 2 aromatic carbocycles. The molecule has 1 aliphatic rings. The lowest BCUT2D eigenvalue weighted by molar-refractivity contribution is -0.143. The summed E-state index contributed by atoms with van der Waals surface area (Å²) in [4.78, 5) is 24.4. The smallest absolute Gasteiger partial charge is 0.344 e. The van der Waals surface area contributed by atoms with Crippen LogP contribution in [0.2, 0.25) is 0 Å². The first-order valence-corrected chi connectivity index (χ1v) is 7.58. The highest BCUT2D eigenvalue weighted by Crippen LogP contribution is 2.26. The molecule has 118 valence electrons. The first kappa shape index (κ1) is 15.2. The molecule has 0 aliphatic carbocycles. The molecule has 0 bridgehead atoms. The molecule has 1 atom stereocenters. The molecule has 0 aromatic heterocycles. The fraction of sp³-hybridized carbons (Fsp3) is 0.222. The summed E-state index contributed by atoms with van der Waals surface area (Å²) in [7, 11) is 0. The monoisotopic (exact) mass is 310 g/mol. The van der Waals surface area contributed by atoms with Gasteiger partial charge in [0.15, 0.2) is 11.4 Å². The van der Waals surface area contributed by atoms with Crippen molar-refractivity contribution in [2.45, 2.75) is 18.5 Å². The number of carbonyl (C=O) groups excluding carboxylic acids is 1. The molecule has 1 fully saturated rings. The minimum absolute atomic E-state index is 0.132. The Morgan fingerprint density at radius 1 is 1.04 bits per heavy atom. The number of carboxylic acid groups (broad SMARTS) is 1. The van der Waals surface area contributed by atoms with Gasteiger partial charge in [0.25, 0.3) is 0 Å². The zero-order valence-corrected chi connectivity index (χ0v) is 12.6. The number of benzene rings is 2. The first-order chi connectivity index (χ1) is 11.1. The molecule has 3 N–H and O–H groups in total. The van der Waals surface area contributed by atoms with Gasteiger partial charge in [0.2, 0.25) is 0 Å². The van der Waals surface area contributed by atoms with Crippen LogP contribution in [0, 0.1) is 0 Å². The van der Waals surface area contributed by atoms with Gasteiger partial charge < -0.3 is 10.4 Å². The quantitative estimate of drug-likeness (QED) is 0.740. The summed E-state index contributed by atoms with van der Waals surface area (Å²) in [5.41, 5.74) is 0.351. The molecule has 2 aromatic rings. The van der Waals surface area contributed by atoms with Crippen molar-refractivity contribution in [2.24, 2.45) is 0 Å². The van der Waals surface area contributed by atoms with E-state index in [4.69, 9.17) is 0 Å². The predicted octanol–water partition coefficient (Wildman–Crippen LogP) is 2.49. The van der Waals surface area contributed by atoms with Crippen molar-refractivity contribution in [3.63, 3.8) is 0 Å². The van der Waals surface area contributed by atoms with E-state index in [0.29, 0.717) is 29.8 Å². The molecule has 1 heterocycles. The Balaban J connectivity index is 1.95. The van der Waals surface area contributed by atoms with Crippen LogP contribution in [0.3, 0.4) is 0 Å². The molecule has 0 radical (unpaired) electrons. The maximum absolute atomic E-state index is 12.7. The third kappa shape index (κ3) is 2.96. The minimum atomic E-state index is -1.22. The lowest BCUT2D eigenvalue weighted by atomic mass is 10.00. The van der Waals surface area contributed by atoms with Crippen molar-refractivity contribution in [1.29, 1.82) is 0 Å². The summed E-state index contributed by atoms with van der Waals surface area (Å²) in [5.74, 6) is -1.09. The fourth-order valence-electron chi connectivity index (χ4n) is 2.85. The van der Waals surface area contributed by atoms with Crippen molar-refractivity contribution in [3.8, 4) is 0 Å². The lowest BCUT2D eigenvalue weighted by Crippen LogP contribution is -2.54. The molecule has 0 spiro atoms. The van der Waals surface area contributed by atoms with E-state index in [2.05, 4.69) is 10.6 Å². The molecule has 3 rings (SSSR count). The van der Waals surface area contributed by atoms with E-state index in [9.17, 15) is 14.7 Å². The normalized spacial score (nSPS) is 20.2. The maximum Gasteiger partial charge on any atom is 0.344 e. The summed E-state index contributed by atoms with van der Waals surface area (Å²) in [6.07, 6.45) is 1.24. The van der Waals surface area contributed by atoms with Crippen LogP contribution in [0.15, 0.2) is 54.6 Å². The van der Waals surface area contributed by atoms with Crippen molar-refractivity contribution in [3.05, 3.63) is 65.7 Å². The van der Waals surface area contributed by atoms with Gasteiger partial charge in [-0.05, 0) is 31.5 Å². The van der Waals surface area contributed by atoms with E-state index in [1.807, 2.05) is 6.07 Å². The van der Waals surface area contributed by atoms with Crippen LogP contribution in [0.5, 0.6) is 0 Å². The molecular formula is C18H18N2O3. The molecular weight excluding hydrogens is 292 g/mol. The van der Waals surface area contributed by atoms with Crippen LogP contribution >= 0.6 is 0 Å². The SMILES string of the molecule is O=C(c1ccccc1)c1ccccc1N[C@@]1(C(=O)O)CCCN1. The van der Waals surface area contributed by atoms with Crippen molar-refractivity contribution < 1.29 is 14.7 Å². The highest BCUT2D eigenvalue weighted by atomic mass is 16.4. The summed E-state index contributed by atoms with van der Waals surface area (Å²) in [6.45, 7) is 0.633. The summed E-state index contributed by atoms with van der Waals surface area (Å²) < 4.78 is 0. The largest absolute Gasteiger partial charge is 0.478 e. The Labute approximate surface area is 134 Å². The number of anilines is 1. The number of carboxylic acids is 1. The number of para-hydroxylation sites is 1. The molecule has 23 heavy (non-hydrogen) atoms. The topological polar surface area (TPSA) is 78.4 Å². The molecule has 0 saturated carbocycles. The van der Waals surface area contributed by atoms with Gasteiger partial charge in [-0.3, -0.25) is 10.1 Å². The van der Waals surface area contributed by atoms with Crippen molar-refractivity contribution >= 4 is 17.4 Å². The summed E-state index contributed by atoms with van der Waals surface area (Å²) in [6, 6.07) is 16.0. The van der Waals surface area contributed by atoms with E-state index >= 15 is 0 Å². The Bertz CT molecular complexity index is 722. The first-order valence-electron chi connectivity index (χ1n) is 7.58. The van der Waals surface area contributed by atoms with Crippen molar-refractivity contribution in [1.82, 2.24) is 5.32 Å². The van der Waals surface area contributed by atoms with Gasteiger partial charge in [-0.2, -0.15) is 0 Å². The maximum atomic E-state index is 12.7. The van der Waals surface area contributed by atoms with Crippen LogP contribution in [0.25, 0.3) is 0 Å². The van der Waals surface area contributed by atoms with Crippen LogP contribution in [-0.2, 0) is 4.79 Å². The Hall–Kier alpha value is -2.66. The van der Waals surface area contributed by atoms with Gasteiger partial charge in [-0.15, -0.1) is 0 Å². The average molecular weight is 310 g/mol. The molecule has 0 amide bonds. The molecule has 5 heteroatoms. The molecule has 1 saturated heterocycles. The van der Waals surface area contributed by atoms with E-state index in [0.717, 1.165) is 6.42 Å². The highest BCUT2D eigenvalue weighted by molar-refractivity contribution is 6.12. The second kappa shape index (κ2) is 6.22. The zero-order valence-electron chi connectivity index (χ0n) is 12.6. The Morgan fingerprint density at radius 2 is 1.74 bits per heavy atom. The summed E-state index contributed by atoms with van der Waals surface area (Å²) >= 11 is 0. The van der Waals surface area contributed by atoms with Gasteiger partial charge in [0.05, 0.1) is 0 Å².